The Morgan fingerprint density at radius 2 is 1.45 bits per heavy atom. The molecule has 2 N–H and O–H groups in total. The highest BCUT2D eigenvalue weighted by molar-refractivity contribution is 5.84. The van der Waals surface area contributed by atoms with Crippen molar-refractivity contribution in [2.45, 2.75) is 25.9 Å². The summed E-state index contributed by atoms with van der Waals surface area (Å²) in [5.74, 6) is -2.45. The van der Waals surface area contributed by atoms with Gasteiger partial charge in [0.2, 0.25) is 0 Å². The van der Waals surface area contributed by atoms with Crippen LogP contribution in [0.3, 0.4) is 0 Å². The van der Waals surface area contributed by atoms with Crippen LogP contribution in [0.25, 0.3) is 0 Å². The Balaban J connectivity index is 2.78. The molecule has 0 aliphatic carbocycles. The molecular formula is C12H21N3O5. The minimum absolute atomic E-state index is 0.138. The van der Waals surface area contributed by atoms with E-state index in [0.717, 1.165) is 4.90 Å². The first-order valence-corrected chi connectivity index (χ1v) is 6.41. The van der Waals surface area contributed by atoms with Crippen molar-refractivity contribution in [2.24, 2.45) is 0 Å². The van der Waals surface area contributed by atoms with Gasteiger partial charge in [0.05, 0.1) is 0 Å². The van der Waals surface area contributed by atoms with Gasteiger partial charge in [0, 0.05) is 25.2 Å². The second-order valence-corrected chi connectivity index (χ2v) is 5.19. The quantitative estimate of drug-likeness (QED) is 0.729. The highest BCUT2D eigenvalue weighted by Gasteiger charge is 2.32. The van der Waals surface area contributed by atoms with Crippen LogP contribution in [0.15, 0.2) is 0 Å². The van der Waals surface area contributed by atoms with Crippen LogP contribution in [0.2, 0.25) is 0 Å². The molecule has 1 heterocycles. The van der Waals surface area contributed by atoms with E-state index in [0.29, 0.717) is 13.1 Å². The smallest absolute Gasteiger partial charge is 0.323 e. The van der Waals surface area contributed by atoms with Gasteiger partial charge in [0.25, 0.3) is 0 Å². The van der Waals surface area contributed by atoms with E-state index in [1.54, 1.807) is 0 Å². The summed E-state index contributed by atoms with van der Waals surface area (Å²) in [7, 11) is 1.96. The van der Waals surface area contributed by atoms with Gasteiger partial charge < -0.3 is 20.0 Å². The Kier molecular flexibility index (Phi) is 5.32. The number of amides is 2. The number of urea groups is 1. The topological polar surface area (TPSA) is 101 Å². The second kappa shape index (κ2) is 6.56. The van der Waals surface area contributed by atoms with Gasteiger partial charge in [-0.1, -0.05) is 0 Å². The summed E-state index contributed by atoms with van der Waals surface area (Å²) in [6.07, 6.45) is 0. The molecular weight excluding hydrogens is 266 g/mol. The van der Waals surface area contributed by atoms with E-state index in [-0.39, 0.29) is 12.1 Å². The minimum atomic E-state index is -1.23. The van der Waals surface area contributed by atoms with Gasteiger partial charge >= 0.3 is 18.0 Å². The molecule has 114 valence electrons. The van der Waals surface area contributed by atoms with Crippen LogP contribution in [-0.4, -0.2) is 88.2 Å². The van der Waals surface area contributed by atoms with Gasteiger partial charge in [0.1, 0.15) is 13.1 Å². The van der Waals surface area contributed by atoms with Crippen LogP contribution in [0, 0.1) is 0 Å². The van der Waals surface area contributed by atoms with Gasteiger partial charge in [-0.15, -0.1) is 0 Å². The fourth-order valence-electron chi connectivity index (χ4n) is 2.28. The molecule has 0 saturated carbocycles. The summed E-state index contributed by atoms with van der Waals surface area (Å²) < 4.78 is 0. The summed E-state index contributed by atoms with van der Waals surface area (Å²) in [5.41, 5.74) is 0. The van der Waals surface area contributed by atoms with E-state index in [4.69, 9.17) is 10.2 Å². The molecule has 0 radical (unpaired) electrons. The fraction of sp³-hybridized carbons (Fsp3) is 0.750. The lowest BCUT2D eigenvalue weighted by atomic mass is 10.1. The molecule has 0 aromatic rings. The predicted molar refractivity (Wildman–Crippen MR) is 70.5 cm³/mol. The number of carboxylic acids is 2. The Bertz CT molecular complexity index is 373. The maximum atomic E-state index is 12.3. The maximum absolute atomic E-state index is 12.3. The van der Waals surface area contributed by atoms with Crippen molar-refractivity contribution < 1.29 is 24.6 Å². The van der Waals surface area contributed by atoms with Crippen LogP contribution in [0.1, 0.15) is 13.8 Å². The predicted octanol–water partition coefficient (Wildman–Crippen LogP) is -0.398. The summed E-state index contributed by atoms with van der Waals surface area (Å²) in [5, 5.41) is 17.6. The van der Waals surface area contributed by atoms with Crippen molar-refractivity contribution in [2.75, 3.05) is 33.2 Å². The number of piperazine rings is 1. The number of carbonyl (C=O) groups is 3. The molecule has 2 amide bonds. The van der Waals surface area contributed by atoms with Crippen molar-refractivity contribution in [1.29, 1.82) is 0 Å². The second-order valence-electron chi connectivity index (χ2n) is 5.19. The lowest BCUT2D eigenvalue weighted by molar-refractivity contribution is -0.140. The number of hydrogen-bond donors (Lipinski definition) is 2. The largest absolute Gasteiger partial charge is 0.480 e. The van der Waals surface area contributed by atoms with Crippen LogP contribution in [0.4, 0.5) is 4.79 Å². The molecule has 0 bridgehead atoms. The van der Waals surface area contributed by atoms with Gasteiger partial charge in [-0.3, -0.25) is 14.5 Å². The Hall–Kier alpha value is -1.83. The van der Waals surface area contributed by atoms with Crippen molar-refractivity contribution >= 4 is 18.0 Å². The SMILES string of the molecule is CC1CN(C(=O)N(CC(=O)O)CC(=O)O)CC(C)N1C. The molecule has 8 nitrogen and oxygen atoms in total. The molecule has 1 aliphatic heterocycles. The van der Waals surface area contributed by atoms with Crippen molar-refractivity contribution in [3.8, 4) is 0 Å². The van der Waals surface area contributed by atoms with Gasteiger partial charge in [0.15, 0.2) is 0 Å². The number of carboxylic acid groups (broad SMARTS) is 2. The fourth-order valence-corrected chi connectivity index (χ4v) is 2.28. The summed E-state index contributed by atoms with van der Waals surface area (Å²) in [4.78, 5) is 38.3. The molecule has 1 rings (SSSR count). The van der Waals surface area contributed by atoms with Crippen molar-refractivity contribution in [1.82, 2.24) is 14.7 Å². The molecule has 1 fully saturated rings. The minimum Gasteiger partial charge on any atom is -0.480 e. The zero-order chi connectivity index (χ0) is 15.4. The molecule has 20 heavy (non-hydrogen) atoms. The third kappa shape index (κ3) is 4.09. The third-order valence-corrected chi connectivity index (χ3v) is 3.55. The van der Waals surface area contributed by atoms with Crippen LogP contribution in [-0.2, 0) is 9.59 Å². The van der Waals surface area contributed by atoms with E-state index >= 15 is 0 Å². The highest BCUT2D eigenvalue weighted by atomic mass is 16.4. The van der Waals surface area contributed by atoms with E-state index in [9.17, 15) is 14.4 Å². The number of likely N-dealkylation sites (N-methyl/N-ethyl adjacent to an activating group) is 1. The Morgan fingerprint density at radius 3 is 1.80 bits per heavy atom. The Labute approximate surface area is 117 Å². The molecule has 2 atom stereocenters. The average molecular weight is 287 g/mol. The molecule has 2 unspecified atom stereocenters. The molecule has 1 aliphatic rings. The number of nitrogens with zero attached hydrogens (tertiary/aromatic N) is 3. The number of hydrogen-bond acceptors (Lipinski definition) is 4. The molecule has 0 aromatic heterocycles. The lowest BCUT2D eigenvalue weighted by Gasteiger charge is -2.43. The summed E-state index contributed by atoms with van der Waals surface area (Å²) in [6.45, 7) is 3.62. The van der Waals surface area contributed by atoms with Crippen molar-refractivity contribution in [3.05, 3.63) is 0 Å². The van der Waals surface area contributed by atoms with E-state index in [1.165, 1.54) is 4.90 Å². The monoisotopic (exact) mass is 287 g/mol. The maximum Gasteiger partial charge on any atom is 0.323 e. The van der Waals surface area contributed by atoms with Crippen molar-refractivity contribution in [3.63, 3.8) is 0 Å². The van der Waals surface area contributed by atoms with Gasteiger partial charge in [-0.2, -0.15) is 0 Å². The first kappa shape index (κ1) is 16.2. The summed E-state index contributed by atoms with van der Waals surface area (Å²) >= 11 is 0. The first-order chi connectivity index (χ1) is 9.22. The number of aliphatic carboxylic acids is 2. The summed E-state index contributed by atoms with van der Waals surface area (Å²) in [6, 6.07) is -0.264. The third-order valence-electron chi connectivity index (χ3n) is 3.55. The van der Waals surface area contributed by atoms with Gasteiger partial charge in [-0.25, -0.2) is 4.79 Å². The number of rotatable bonds is 4. The van der Waals surface area contributed by atoms with Gasteiger partial charge in [-0.05, 0) is 20.9 Å². The number of carbonyl (C=O) groups excluding carboxylic acids is 1. The van der Waals surface area contributed by atoms with Crippen LogP contribution in [0.5, 0.6) is 0 Å². The molecule has 8 heteroatoms. The lowest BCUT2D eigenvalue weighted by Crippen LogP contribution is -2.59. The Morgan fingerprint density at radius 1 is 1.05 bits per heavy atom. The first-order valence-electron chi connectivity index (χ1n) is 6.41. The van der Waals surface area contributed by atoms with E-state index in [2.05, 4.69) is 4.90 Å². The molecule has 0 spiro atoms. The van der Waals surface area contributed by atoms with E-state index in [1.807, 2.05) is 20.9 Å². The zero-order valence-electron chi connectivity index (χ0n) is 11.9. The standard InChI is InChI=1S/C12H21N3O5/c1-8-4-14(5-9(2)13(8)3)12(20)15(6-10(16)17)7-11(18)19/h8-9H,4-7H2,1-3H3,(H,16,17)(H,18,19). The average Bonchev–Trinajstić information content (AvgIpc) is 2.32. The highest BCUT2D eigenvalue weighted by Crippen LogP contribution is 2.15. The zero-order valence-corrected chi connectivity index (χ0v) is 11.9. The molecule has 1 saturated heterocycles. The van der Waals surface area contributed by atoms with E-state index < -0.39 is 31.1 Å². The van der Waals surface area contributed by atoms with Crippen LogP contribution >= 0.6 is 0 Å². The normalized spacial score (nSPS) is 23.4. The van der Waals surface area contributed by atoms with Crippen LogP contribution < -0.4 is 0 Å². The molecule has 0 aromatic carbocycles.